The van der Waals surface area contributed by atoms with E-state index in [1.54, 1.807) is 6.92 Å². The van der Waals surface area contributed by atoms with E-state index in [2.05, 4.69) is 4.98 Å². The molecule has 0 aliphatic heterocycles. The zero-order valence-corrected chi connectivity index (χ0v) is 8.35. The predicted molar refractivity (Wildman–Crippen MR) is 53.3 cm³/mol. The van der Waals surface area contributed by atoms with Gasteiger partial charge in [0.1, 0.15) is 0 Å². The Kier molecular flexibility index (Phi) is 1.72. The van der Waals surface area contributed by atoms with E-state index in [4.69, 9.17) is 5.73 Å². The van der Waals surface area contributed by atoms with Crippen LogP contribution in [-0.4, -0.2) is 10.1 Å². The van der Waals surface area contributed by atoms with Crippen molar-refractivity contribution in [2.75, 3.05) is 0 Å². The molecule has 0 aromatic carbocycles. The summed E-state index contributed by atoms with van der Waals surface area (Å²) in [5.41, 5.74) is 7.43. The van der Waals surface area contributed by atoms with Crippen molar-refractivity contribution in [1.82, 2.24) is 4.98 Å². The van der Waals surface area contributed by atoms with Crippen molar-refractivity contribution < 1.29 is 5.11 Å². The Morgan fingerprint density at radius 3 is 2.43 bits per heavy atom. The molecule has 0 bridgehead atoms. The lowest BCUT2D eigenvalue weighted by atomic mass is 9.99. The van der Waals surface area contributed by atoms with E-state index in [0.29, 0.717) is 11.1 Å². The first-order valence-corrected chi connectivity index (χ1v) is 4.67. The fraction of sp³-hybridized carbons (Fsp3) is 0.500. The molecule has 0 spiro atoms. The van der Waals surface area contributed by atoms with Gasteiger partial charge in [-0.05, 0) is 32.3 Å². The van der Waals surface area contributed by atoms with Gasteiger partial charge < -0.3 is 10.8 Å². The Labute approximate surface area is 81.8 Å². The third-order valence-electron chi connectivity index (χ3n) is 3.04. The van der Waals surface area contributed by atoms with Gasteiger partial charge in [-0.3, -0.25) is 9.78 Å². The standard InChI is InChI=1S/C10H14N2O2/c1-5-6(2)8(13)12-9(14)7(5)10(11)3-4-10/h3-4,11H2,1-2H3,(H2,12,13,14). The average Bonchev–Trinajstić information content (AvgIpc) is 2.80. The second-order valence-corrected chi connectivity index (χ2v) is 4.08. The van der Waals surface area contributed by atoms with Gasteiger partial charge in [0.25, 0.3) is 5.56 Å². The summed E-state index contributed by atoms with van der Waals surface area (Å²) in [6.07, 6.45) is 1.70. The Morgan fingerprint density at radius 2 is 1.93 bits per heavy atom. The van der Waals surface area contributed by atoms with E-state index >= 15 is 0 Å². The summed E-state index contributed by atoms with van der Waals surface area (Å²) >= 11 is 0. The van der Waals surface area contributed by atoms with Crippen LogP contribution >= 0.6 is 0 Å². The SMILES string of the molecule is Cc1c(O)[nH]c(=O)c(C2(N)CC2)c1C. The maximum absolute atomic E-state index is 11.6. The highest BCUT2D eigenvalue weighted by molar-refractivity contribution is 5.42. The van der Waals surface area contributed by atoms with Crippen LogP contribution in [0, 0.1) is 13.8 Å². The Morgan fingerprint density at radius 1 is 1.36 bits per heavy atom. The second-order valence-electron chi connectivity index (χ2n) is 4.08. The van der Waals surface area contributed by atoms with E-state index in [1.807, 2.05) is 6.92 Å². The number of aromatic amines is 1. The van der Waals surface area contributed by atoms with Crippen LogP contribution in [0.2, 0.25) is 0 Å². The van der Waals surface area contributed by atoms with Gasteiger partial charge in [-0.15, -0.1) is 0 Å². The van der Waals surface area contributed by atoms with Crippen molar-refractivity contribution in [3.8, 4) is 5.88 Å². The average molecular weight is 194 g/mol. The molecule has 0 atom stereocenters. The quantitative estimate of drug-likeness (QED) is 0.614. The first-order chi connectivity index (χ1) is 6.46. The molecule has 14 heavy (non-hydrogen) atoms. The number of pyridine rings is 1. The third-order valence-corrected chi connectivity index (χ3v) is 3.04. The van der Waals surface area contributed by atoms with Gasteiger partial charge in [-0.1, -0.05) is 0 Å². The molecule has 1 saturated carbocycles. The molecule has 1 aliphatic carbocycles. The molecule has 1 heterocycles. The highest BCUT2D eigenvalue weighted by Crippen LogP contribution is 2.43. The first-order valence-electron chi connectivity index (χ1n) is 4.67. The van der Waals surface area contributed by atoms with Crippen molar-refractivity contribution in [2.24, 2.45) is 5.73 Å². The van der Waals surface area contributed by atoms with E-state index < -0.39 is 5.54 Å². The minimum Gasteiger partial charge on any atom is -0.494 e. The number of nitrogens with two attached hydrogens (primary N) is 1. The van der Waals surface area contributed by atoms with E-state index in [9.17, 15) is 9.90 Å². The number of nitrogens with one attached hydrogen (secondary N) is 1. The smallest absolute Gasteiger partial charge is 0.256 e. The molecule has 4 heteroatoms. The maximum Gasteiger partial charge on any atom is 0.256 e. The molecule has 1 aliphatic rings. The highest BCUT2D eigenvalue weighted by Gasteiger charge is 2.43. The summed E-state index contributed by atoms with van der Waals surface area (Å²) < 4.78 is 0. The summed E-state index contributed by atoms with van der Waals surface area (Å²) in [5.74, 6) is -0.0551. The van der Waals surface area contributed by atoms with Crippen molar-refractivity contribution >= 4 is 0 Å². The minimum atomic E-state index is -0.448. The highest BCUT2D eigenvalue weighted by atomic mass is 16.3. The lowest BCUT2D eigenvalue weighted by molar-refractivity contribution is 0.445. The minimum absolute atomic E-state index is 0.0551. The van der Waals surface area contributed by atoms with Crippen LogP contribution in [0.25, 0.3) is 0 Å². The van der Waals surface area contributed by atoms with Crippen molar-refractivity contribution in [3.63, 3.8) is 0 Å². The molecule has 0 radical (unpaired) electrons. The predicted octanol–water partition coefficient (Wildman–Crippen LogP) is 0.645. The topological polar surface area (TPSA) is 79.1 Å². The normalized spacial score (nSPS) is 18.2. The number of aromatic hydroxyl groups is 1. The van der Waals surface area contributed by atoms with Gasteiger partial charge in [0.15, 0.2) is 5.88 Å². The van der Waals surface area contributed by atoms with Crippen LogP contribution in [0.3, 0.4) is 0 Å². The number of H-pyrrole nitrogens is 1. The molecular formula is C10H14N2O2. The molecule has 1 aromatic heterocycles. The van der Waals surface area contributed by atoms with Crippen LogP contribution in [-0.2, 0) is 5.54 Å². The second kappa shape index (κ2) is 2.60. The van der Waals surface area contributed by atoms with Crippen LogP contribution in [0.5, 0.6) is 5.88 Å². The molecule has 2 rings (SSSR count). The summed E-state index contributed by atoms with van der Waals surface area (Å²) in [7, 11) is 0. The van der Waals surface area contributed by atoms with Crippen LogP contribution in [0.15, 0.2) is 4.79 Å². The number of aromatic nitrogens is 1. The van der Waals surface area contributed by atoms with Crippen LogP contribution in [0.1, 0.15) is 29.5 Å². The number of hydrogen-bond acceptors (Lipinski definition) is 3. The van der Waals surface area contributed by atoms with Crippen molar-refractivity contribution in [1.29, 1.82) is 0 Å². The maximum atomic E-state index is 11.6. The summed E-state index contributed by atoms with van der Waals surface area (Å²) in [5, 5.41) is 9.40. The van der Waals surface area contributed by atoms with E-state index in [1.165, 1.54) is 0 Å². The summed E-state index contributed by atoms with van der Waals surface area (Å²) in [6, 6.07) is 0. The zero-order valence-electron chi connectivity index (χ0n) is 8.35. The molecule has 0 amide bonds. The Bertz CT molecular complexity index is 444. The van der Waals surface area contributed by atoms with Gasteiger partial charge in [0, 0.05) is 16.7 Å². The number of rotatable bonds is 1. The van der Waals surface area contributed by atoms with Gasteiger partial charge in [-0.2, -0.15) is 0 Å². The number of hydrogen-bond donors (Lipinski definition) is 3. The molecule has 1 aromatic rings. The molecule has 4 N–H and O–H groups in total. The summed E-state index contributed by atoms with van der Waals surface area (Å²) in [4.78, 5) is 14.0. The van der Waals surface area contributed by atoms with E-state index in [-0.39, 0.29) is 11.4 Å². The lowest BCUT2D eigenvalue weighted by Crippen LogP contribution is -2.30. The van der Waals surface area contributed by atoms with Crippen LogP contribution in [0.4, 0.5) is 0 Å². The zero-order chi connectivity index (χ0) is 10.5. The van der Waals surface area contributed by atoms with Gasteiger partial charge >= 0.3 is 0 Å². The molecule has 1 fully saturated rings. The van der Waals surface area contributed by atoms with E-state index in [0.717, 1.165) is 18.4 Å². The fourth-order valence-corrected chi connectivity index (χ4v) is 1.78. The molecule has 76 valence electrons. The Hall–Kier alpha value is -1.29. The largest absolute Gasteiger partial charge is 0.494 e. The molecule has 4 nitrogen and oxygen atoms in total. The van der Waals surface area contributed by atoms with Crippen LogP contribution < -0.4 is 11.3 Å². The summed E-state index contributed by atoms with van der Waals surface area (Å²) in [6.45, 7) is 3.60. The Balaban J connectivity index is 2.72. The third kappa shape index (κ3) is 1.14. The molecular weight excluding hydrogens is 180 g/mol. The monoisotopic (exact) mass is 194 g/mol. The van der Waals surface area contributed by atoms with Gasteiger partial charge in [-0.25, -0.2) is 0 Å². The first kappa shape index (κ1) is 9.27. The van der Waals surface area contributed by atoms with Crippen molar-refractivity contribution in [3.05, 3.63) is 27.0 Å². The van der Waals surface area contributed by atoms with Crippen molar-refractivity contribution in [2.45, 2.75) is 32.2 Å². The van der Waals surface area contributed by atoms with Gasteiger partial charge in [0.05, 0.1) is 0 Å². The lowest BCUT2D eigenvalue weighted by Gasteiger charge is -2.14. The fourth-order valence-electron chi connectivity index (χ4n) is 1.78. The molecule has 0 unspecified atom stereocenters. The molecule has 0 saturated heterocycles. The van der Waals surface area contributed by atoms with Gasteiger partial charge in [0.2, 0.25) is 0 Å².